The van der Waals surface area contributed by atoms with Gasteiger partial charge in [0.05, 0.1) is 0 Å². The van der Waals surface area contributed by atoms with Gasteiger partial charge in [0.25, 0.3) is 0 Å². The van der Waals surface area contributed by atoms with Gasteiger partial charge in [-0.25, -0.2) is 4.39 Å². The van der Waals surface area contributed by atoms with E-state index >= 15 is 0 Å². The van der Waals surface area contributed by atoms with E-state index in [1.807, 2.05) is 13.0 Å². The van der Waals surface area contributed by atoms with Crippen molar-refractivity contribution >= 4 is 0 Å². The molecule has 0 aliphatic carbocycles. The van der Waals surface area contributed by atoms with Crippen LogP contribution in [0.25, 0.3) is 0 Å². The Balaban J connectivity index is 2.02. The molecular formula is C14H20FNO. The summed E-state index contributed by atoms with van der Waals surface area (Å²) in [7, 11) is 0. The van der Waals surface area contributed by atoms with E-state index < -0.39 is 0 Å². The number of halogens is 1. The molecule has 1 heterocycles. The van der Waals surface area contributed by atoms with Gasteiger partial charge in [-0.1, -0.05) is 17.7 Å². The van der Waals surface area contributed by atoms with Gasteiger partial charge in [0.1, 0.15) is 5.82 Å². The van der Waals surface area contributed by atoms with Crippen LogP contribution in [0.5, 0.6) is 0 Å². The van der Waals surface area contributed by atoms with Crippen LogP contribution < -0.4 is 5.73 Å². The van der Waals surface area contributed by atoms with Crippen LogP contribution in [0.4, 0.5) is 4.39 Å². The lowest BCUT2D eigenvalue weighted by atomic mass is 9.89. The summed E-state index contributed by atoms with van der Waals surface area (Å²) in [6.07, 6.45) is 2.94. The zero-order valence-electron chi connectivity index (χ0n) is 10.3. The van der Waals surface area contributed by atoms with Gasteiger partial charge < -0.3 is 10.5 Å². The third kappa shape index (κ3) is 3.27. The molecule has 17 heavy (non-hydrogen) atoms. The van der Waals surface area contributed by atoms with Crippen LogP contribution in [0.2, 0.25) is 0 Å². The van der Waals surface area contributed by atoms with Crippen molar-refractivity contribution in [1.29, 1.82) is 0 Å². The van der Waals surface area contributed by atoms with Crippen molar-refractivity contribution in [3.05, 3.63) is 35.1 Å². The number of rotatable bonds is 3. The first-order valence-corrected chi connectivity index (χ1v) is 6.26. The fourth-order valence-electron chi connectivity index (χ4n) is 2.42. The van der Waals surface area contributed by atoms with E-state index in [4.69, 9.17) is 10.5 Å². The van der Waals surface area contributed by atoms with Gasteiger partial charge in [0.15, 0.2) is 0 Å². The maximum atomic E-state index is 13.7. The first-order valence-electron chi connectivity index (χ1n) is 6.26. The number of aryl methyl sites for hydroxylation is 1. The zero-order chi connectivity index (χ0) is 12.3. The molecular weight excluding hydrogens is 217 g/mol. The molecule has 1 aromatic rings. The minimum atomic E-state index is -0.196. The minimum absolute atomic E-state index is 0.185. The highest BCUT2D eigenvalue weighted by Gasteiger charge is 2.19. The predicted octanol–water partition coefficient (Wildman–Crippen LogP) is 2.95. The SMILES string of the molecule is Cc1ccc(F)c(C(N)CC2CCOCC2)c1. The molecule has 0 amide bonds. The minimum Gasteiger partial charge on any atom is -0.381 e. The van der Waals surface area contributed by atoms with Crippen molar-refractivity contribution in [2.75, 3.05) is 13.2 Å². The summed E-state index contributed by atoms with van der Waals surface area (Å²) in [6, 6.07) is 4.95. The average molecular weight is 237 g/mol. The van der Waals surface area contributed by atoms with Crippen LogP contribution in [0.1, 0.15) is 36.4 Å². The Hall–Kier alpha value is -0.930. The van der Waals surface area contributed by atoms with Crippen molar-refractivity contribution in [2.45, 2.75) is 32.2 Å². The molecule has 0 saturated carbocycles. The molecule has 1 unspecified atom stereocenters. The monoisotopic (exact) mass is 237 g/mol. The number of nitrogens with two attached hydrogens (primary N) is 1. The van der Waals surface area contributed by atoms with E-state index in [2.05, 4.69) is 0 Å². The molecule has 3 heteroatoms. The standard InChI is InChI=1S/C14H20FNO/c1-10-2-3-13(15)12(8-10)14(16)9-11-4-6-17-7-5-11/h2-3,8,11,14H,4-7,9,16H2,1H3. The molecule has 94 valence electrons. The van der Waals surface area contributed by atoms with Crippen molar-refractivity contribution in [1.82, 2.24) is 0 Å². The molecule has 2 rings (SSSR count). The summed E-state index contributed by atoms with van der Waals surface area (Å²) < 4.78 is 19.0. The second-order valence-electron chi connectivity index (χ2n) is 4.92. The van der Waals surface area contributed by atoms with E-state index in [1.165, 1.54) is 6.07 Å². The molecule has 2 N–H and O–H groups in total. The Kier molecular flexibility index (Phi) is 4.13. The van der Waals surface area contributed by atoms with Gasteiger partial charge >= 0.3 is 0 Å². The lowest BCUT2D eigenvalue weighted by Gasteiger charge is -2.25. The van der Waals surface area contributed by atoms with Crippen molar-refractivity contribution in [2.24, 2.45) is 11.7 Å². The molecule has 1 aromatic carbocycles. The van der Waals surface area contributed by atoms with Crippen molar-refractivity contribution in [3.8, 4) is 0 Å². The highest BCUT2D eigenvalue weighted by atomic mass is 19.1. The molecule has 1 aliphatic rings. The van der Waals surface area contributed by atoms with Crippen molar-refractivity contribution in [3.63, 3.8) is 0 Å². The smallest absolute Gasteiger partial charge is 0.127 e. The maximum absolute atomic E-state index is 13.7. The normalized spacial score (nSPS) is 19.2. The first kappa shape index (κ1) is 12.5. The van der Waals surface area contributed by atoms with Gasteiger partial charge in [-0.2, -0.15) is 0 Å². The molecule has 0 aromatic heterocycles. The zero-order valence-corrected chi connectivity index (χ0v) is 10.3. The third-order valence-corrected chi connectivity index (χ3v) is 3.48. The molecule has 0 bridgehead atoms. The Morgan fingerprint density at radius 2 is 2.12 bits per heavy atom. The highest BCUT2D eigenvalue weighted by Crippen LogP contribution is 2.27. The topological polar surface area (TPSA) is 35.2 Å². The highest BCUT2D eigenvalue weighted by molar-refractivity contribution is 5.26. The van der Waals surface area contributed by atoms with Gasteiger partial charge in [0.2, 0.25) is 0 Å². The van der Waals surface area contributed by atoms with Crippen LogP contribution in [0.3, 0.4) is 0 Å². The van der Waals surface area contributed by atoms with Gasteiger partial charge in [0, 0.05) is 24.8 Å². The molecule has 0 radical (unpaired) electrons. The average Bonchev–Trinajstić information content (AvgIpc) is 2.33. The fourth-order valence-corrected chi connectivity index (χ4v) is 2.42. The van der Waals surface area contributed by atoms with E-state index in [-0.39, 0.29) is 11.9 Å². The maximum Gasteiger partial charge on any atom is 0.127 e. The van der Waals surface area contributed by atoms with E-state index in [0.29, 0.717) is 11.5 Å². The largest absolute Gasteiger partial charge is 0.381 e. The van der Waals surface area contributed by atoms with E-state index in [0.717, 1.165) is 38.0 Å². The lowest BCUT2D eigenvalue weighted by molar-refractivity contribution is 0.0617. The quantitative estimate of drug-likeness (QED) is 0.877. The van der Waals surface area contributed by atoms with Crippen LogP contribution in [-0.2, 0) is 4.74 Å². The van der Waals surface area contributed by atoms with E-state index in [9.17, 15) is 4.39 Å². The summed E-state index contributed by atoms with van der Waals surface area (Å²) >= 11 is 0. The molecule has 1 atom stereocenters. The Morgan fingerprint density at radius 1 is 1.41 bits per heavy atom. The fraction of sp³-hybridized carbons (Fsp3) is 0.571. The van der Waals surface area contributed by atoms with Crippen LogP contribution in [0.15, 0.2) is 18.2 Å². The van der Waals surface area contributed by atoms with Gasteiger partial charge in [-0.3, -0.25) is 0 Å². The second-order valence-corrected chi connectivity index (χ2v) is 4.92. The third-order valence-electron chi connectivity index (χ3n) is 3.48. The molecule has 1 fully saturated rings. The summed E-state index contributed by atoms with van der Waals surface area (Å²) in [5, 5.41) is 0. The Bertz CT molecular complexity index is 374. The number of ether oxygens (including phenoxy) is 1. The molecule has 1 saturated heterocycles. The van der Waals surface area contributed by atoms with Crippen LogP contribution >= 0.6 is 0 Å². The second kappa shape index (κ2) is 5.61. The Labute approximate surface area is 102 Å². The predicted molar refractivity (Wildman–Crippen MR) is 66.2 cm³/mol. The van der Waals surface area contributed by atoms with E-state index in [1.54, 1.807) is 6.07 Å². The van der Waals surface area contributed by atoms with Gasteiger partial charge in [-0.15, -0.1) is 0 Å². The summed E-state index contributed by atoms with van der Waals surface area (Å²) in [4.78, 5) is 0. The number of hydrogen-bond acceptors (Lipinski definition) is 2. The summed E-state index contributed by atoms with van der Waals surface area (Å²) in [5.74, 6) is 0.383. The number of hydrogen-bond donors (Lipinski definition) is 1. The first-order chi connectivity index (χ1) is 8.16. The summed E-state index contributed by atoms with van der Waals surface area (Å²) in [6.45, 7) is 3.59. The molecule has 0 spiro atoms. The Morgan fingerprint density at radius 3 is 2.82 bits per heavy atom. The van der Waals surface area contributed by atoms with Crippen LogP contribution in [-0.4, -0.2) is 13.2 Å². The molecule has 1 aliphatic heterocycles. The number of benzene rings is 1. The van der Waals surface area contributed by atoms with Crippen molar-refractivity contribution < 1.29 is 9.13 Å². The van der Waals surface area contributed by atoms with Crippen LogP contribution in [0, 0.1) is 18.7 Å². The lowest BCUT2D eigenvalue weighted by Crippen LogP contribution is -2.22. The summed E-state index contributed by atoms with van der Waals surface area (Å²) in [5.41, 5.74) is 7.82. The van der Waals surface area contributed by atoms with Gasteiger partial charge in [-0.05, 0) is 38.2 Å². The molecule has 2 nitrogen and oxygen atoms in total.